The Morgan fingerprint density at radius 2 is 2.13 bits per heavy atom. The number of hydrogen-bond acceptors (Lipinski definition) is 4. The Bertz CT molecular complexity index is 880. The minimum absolute atomic E-state index is 0. The summed E-state index contributed by atoms with van der Waals surface area (Å²) in [5.41, 5.74) is 3.66. The quantitative estimate of drug-likeness (QED) is 0.364. The first kappa shape index (κ1) is 22.7. The molecule has 4 rings (SSSR count). The summed E-state index contributed by atoms with van der Waals surface area (Å²) in [6, 6.07) is 6.77. The molecule has 0 saturated heterocycles. The molecule has 1 aliphatic heterocycles. The third kappa shape index (κ3) is 5.19. The molecule has 0 fully saturated rings. The molecule has 7 nitrogen and oxygen atoms in total. The van der Waals surface area contributed by atoms with Gasteiger partial charge in [0.05, 0.1) is 18.9 Å². The minimum atomic E-state index is 0. The number of halogens is 1. The number of rotatable bonds is 4. The highest BCUT2D eigenvalue weighted by molar-refractivity contribution is 14.0. The fraction of sp³-hybridized carbons (Fsp3) is 0.545. The lowest BCUT2D eigenvalue weighted by Crippen LogP contribution is -2.45. The van der Waals surface area contributed by atoms with E-state index in [0.717, 1.165) is 48.7 Å². The summed E-state index contributed by atoms with van der Waals surface area (Å²) in [6.07, 6.45) is 6.16. The molecule has 0 bridgehead atoms. The van der Waals surface area contributed by atoms with Crippen LogP contribution in [0, 0.1) is 0 Å². The summed E-state index contributed by atoms with van der Waals surface area (Å²) in [6.45, 7) is 6.35. The fourth-order valence-corrected chi connectivity index (χ4v) is 3.86. The van der Waals surface area contributed by atoms with Crippen LogP contribution >= 0.6 is 24.0 Å². The van der Waals surface area contributed by atoms with E-state index in [1.54, 1.807) is 0 Å². The van der Waals surface area contributed by atoms with Crippen LogP contribution in [0.15, 0.2) is 29.4 Å². The van der Waals surface area contributed by atoms with Gasteiger partial charge in [-0.25, -0.2) is 0 Å². The largest absolute Gasteiger partial charge is 0.490 e. The molecule has 1 atom stereocenters. The molecule has 30 heavy (non-hydrogen) atoms. The molecule has 2 aliphatic rings. The van der Waals surface area contributed by atoms with Crippen LogP contribution in [0.25, 0.3) is 0 Å². The molecule has 8 heteroatoms. The van der Waals surface area contributed by atoms with Crippen molar-refractivity contribution in [1.82, 2.24) is 20.4 Å². The summed E-state index contributed by atoms with van der Waals surface area (Å²) >= 11 is 0. The Morgan fingerprint density at radius 3 is 2.93 bits per heavy atom. The van der Waals surface area contributed by atoms with Gasteiger partial charge in [0, 0.05) is 50.3 Å². The standard InChI is InChI=1S/C22H31N5O2.HI/c1-15(2)27-14-17-8-9-18(12-19(17)26-27)25-22(23-3)24-13-16-6-4-7-20-21(16)29-11-5-10-28-20;/h4,6-7,14-15,18H,5,8-13H2,1-3H3,(H2,23,24,25);1H. The monoisotopic (exact) mass is 525 g/mol. The molecule has 2 aromatic rings. The molecule has 1 aliphatic carbocycles. The van der Waals surface area contributed by atoms with Gasteiger partial charge in [-0.05, 0) is 38.3 Å². The first-order chi connectivity index (χ1) is 14.1. The number of aliphatic imine (C=N–C) groups is 1. The maximum atomic E-state index is 5.92. The number of guanidine groups is 1. The van der Waals surface area contributed by atoms with Gasteiger partial charge >= 0.3 is 0 Å². The lowest BCUT2D eigenvalue weighted by Gasteiger charge is -2.24. The van der Waals surface area contributed by atoms with E-state index < -0.39 is 0 Å². The molecular formula is C22H32IN5O2. The second-order valence-corrected chi connectivity index (χ2v) is 7.98. The van der Waals surface area contributed by atoms with Crippen molar-refractivity contribution in [1.29, 1.82) is 0 Å². The van der Waals surface area contributed by atoms with Crippen molar-refractivity contribution in [2.24, 2.45) is 4.99 Å². The van der Waals surface area contributed by atoms with Crippen LogP contribution in [0.2, 0.25) is 0 Å². The number of nitrogens with zero attached hydrogens (tertiary/aromatic N) is 3. The van der Waals surface area contributed by atoms with Crippen LogP contribution in [-0.2, 0) is 19.4 Å². The summed E-state index contributed by atoms with van der Waals surface area (Å²) in [7, 11) is 1.81. The SMILES string of the molecule is CN=C(NCc1cccc2c1OCCCO2)NC1CCc2cn(C(C)C)nc2C1.I. The van der Waals surface area contributed by atoms with Gasteiger partial charge < -0.3 is 20.1 Å². The number of ether oxygens (including phenoxy) is 2. The zero-order valence-electron chi connectivity index (χ0n) is 18.0. The zero-order chi connectivity index (χ0) is 20.2. The number of fused-ring (bicyclic) bond motifs is 2. The van der Waals surface area contributed by atoms with Gasteiger partial charge in [-0.1, -0.05) is 12.1 Å². The van der Waals surface area contributed by atoms with Crippen LogP contribution in [0.4, 0.5) is 0 Å². The van der Waals surface area contributed by atoms with E-state index in [4.69, 9.17) is 14.6 Å². The van der Waals surface area contributed by atoms with Crippen LogP contribution in [0.3, 0.4) is 0 Å². The van der Waals surface area contributed by atoms with Crippen LogP contribution < -0.4 is 20.1 Å². The van der Waals surface area contributed by atoms with Gasteiger partial charge in [-0.15, -0.1) is 24.0 Å². The van der Waals surface area contributed by atoms with Crippen molar-refractivity contribution in [3.8, 4) is 11.5 Å². The summed E-state index contributed by atoms with van der Waals surface area (Å²) < 4.78 is 13.8. The second kappa shape index (κ2) is 10.4. The Morgan fingerprint density at radius 1 is 1.30 bits per heavy atom. The van der Waals surface area contributed by atoms with Crippen LogP contribution in [0.1, 0.15) is 49.6 Å². The molecule has 164 valence electrons. The third-order valence-corrected chi connectivity index (χ3v) is 5.49. The van der Waals surface area contributed by atoms with Gasteiger partial charge in [0.15, 0.2) is 17.5 Å². The zero-order valence-corrected chi connectivity index (χ0v) is 20.3. The maximum absolute atomic E-state index is 5.92. The van der Waals surface area contributed by atoms with E-state index in [0.29, 0.717) is 31.8 Å². The lowest BCUT2D eigenvalue weighted by atomic mass is 9.94. The van der Waals surface area contributed by atoms with Crippen molar-refractivity contribution in [2.45, 2.75) is 58.2 Å². The first-order valence-corrected chi connectivity index (χ1v) is 10.6. The van der Waals surface area contributed by atoms with Gasteiger partial charge in [0.25, 0.3) is 0 Å². The minimum Gasteiger partial charge on any atom is -0.490 e. The molecule has 2 heterocycles. The smallest absolute Gasteiger partial charge is 0.191 e. The van der Waals surface area contributed by atoms with E-state index in [2.05, 4.69) is 46.4 Å². The van der Waals surface area contributed by atoms with E-state index >= 15 is 0 Å². The average Bonchev–Trinajstić information content (AvgIpc) is 3.00. The first-order valence-electron chi connectivity index (χ1n) is 10.6. The Labute approximate surface area is 195 Å². The highest BCUT2D eigenvalue weighted by Gasteiger charge is 2.23. The number of aromatic nitrogens is 2. The fourth-order valence-electron chi connectivity index (χ4n) is 3.86. The van der Waals surface area contributed by atoms with Gasteiger partial charge in [0.1, 0.15) is 0 Å². The number of nitrogens with one attached hydrogen (secondary N) is 2. The van der Waals surface area contributed by atoms with Gasteiger partial charge in [-0.2, -0.15) is 5.10 Å². The highest BCUT2D eigenvalue weighted by atomic mass is 127. The second-order valence-electron chi connectivity index (χ2n) is 7.98. The molecule has 1 aromatic heterocycles. The number of aryl methyl sites for hydroxylation is 1. The highest BCUT2D eigenvalue weighted by Crippen LogP contribution is 2.33. The van der Waals surface area contributed by atoms with Crippen molar-refractivity contribution in [3.63, 3.8) is 0 Å². The predicted molar refractivity (Wildman–Crippen MR) is 129 cm³/mol. The Balaban J connectivity index is 0.00000256. The van der Waals surface area contributed by atoms with Crippen molar-refractivity contribution in [2.75, 3.05) is 20.3 Å². The molecule has 1 aromatic carbocycles. The van der Waals surface area contributed by atoms with Crippen molar-refractivity contribution < 1.29 is 9.47 Å². The molecule has 0 radical (unpaired) electrons. The lowest BCUT2D eigenvalue weighted by molar-refractivity contribution is 0.296. The number of para-hydroxylation sites is 1. The predicted octanol–water partition coefficient (Wildman–Crippen LogP) is 3.47. The topological polar surface area (TPSA) is 72.7 Å². The van der Waals surface area contributed by atoms with Crippen molar-refractivity contribution in [3.05, 3.63) is 41.2 Å². The van der Waals surface area contributed by atoms with Gasteiger partial charge in [-0.3, -0.25) is 9.67 Å². The van der Waals surface area contributed by atoms with E-state index in [1.165, 1.54) is 11.3 Å². The average molecular weight is 525 g/mol. The Kier molecular flexibility index (Phi) is 7.85. The number of hydrogen-bond donors (Lipinski definition) is 2. The molecule has 1 unspecified atom stereocenters. The van der Waals surface area contributed by atoms with E-state index in [9.17, 15) is 0 Å². The summed E-state index contributed by atoms with van der Waals surface area (Å²) in [5, 5.41) is 11.8. The summed E-state index contributed by atoms with van der Waals surface area (Å²) in [4.78, 5) is 4.41. The molecule has 0 spiro atoms. The Hall–Kier alpha value is -1.97. The van der Waals surface area contributed by atoms with Gasteiger partial charge in [0.2, 0.25) is 0 Å². The van der Waals surface area contributed by atoms with Crippen LogP contribution in [-0.4, -0.2) is 42.0 Å². The van der Waals surface area contributed by atoms with Crippen LogP contribution in [0.5, 0.6) is 11.5 Å². The normalized spacial score (nSPS) is 18.3. The number of benzene rings is 1. The molecule has 0 saturated carbocycles. The molecule has 0 amide bonds. The molecule has 2 N–H and O–H groups in total. The summed E-state index contributed by atoms with van der Waals surface area (Å²) in [5.74, 6) is 2.47. The molecular weight excluding hydrogens is 493 g/mol. The van der Waals surface area contributed by atoms with Crippen molar-refractivity contribution >= 4 is 29.9 Å². The maximum Gasteiger partial charge on any atom is 0.191 e. The van der Waals surface area contributed by atoms with E-state index in [1.807, 2.05) is 19.2 Å². The third-order valence-electron chi connectivity index (χ3n) is 5.49. The van der Waals surface area contributed by atoms with E-state index in [-0.39, 0.29) is 24.0 Å².